The Hall–Kier alpha value is -1.71. The number of rotatable bonds is 0. The molecule has 4 nitrogen and oxygen atoms in total. The summed E-state index contributed by atoms with van der Waals surface area (Å²) in [5, 5.41) is 0. The van der Waals surface area contributed by atoms with Crippen LogP contribution < -0.4 is 0 Å². The lowest BCUT2D eigenvalue weighted by Gasteiger charge is -2.21. The second-order valence-electron chi connectivity index (χ2n) is 4.58. The quantitative estimate of drug-likeness (QED) is 0.580. The smallest absolute Gasteiger partial charge is 0.334 e. The molecule has 0 unspecified atom stereocenters. The third-order valence-electron chi connectivity index (χ3n) is 3.43. The molecule has 0 bridgehead atoms. The van der Waals surface area contributed by atoms with Gasteiger partial charge in [-0.05, 0) is 5.92 Å². The molecule has 0 aliphatic carbocycles. The Balaban J connectivity index is 1.97. The van der Waals surface area contributed by atoms with Crippen LogP contribution >= 0.6 is 0 Å². The van der Waals surface area contributed by atoms with E-state index < -0.39 is 18.0 Å². The Morgan fingerprint density at radius 2 is 1.50 bits per heavy atom. The van der Waals surface area contributed by atoms with Gasteiger partial charge in [0.05, 0.1) is 0 Å². The van der Waals surface area contributed by atoms with Gasteiger partial charge in [0.2, 0.25) is 0 Å². The summed E-state index contributed by atoms with van der Waals surface area (Å²) in [5.41, 5.74) is 0. The fourth-order valence-corrected chi connectivity index (χ4v) is 2.60. The van der Waals surface area contributed by atoms with Gasteiger partial charge in [-0.3, -0.25) is 9.59 Å². The summed E-state index contributed by atoms with van der Waals surface area (Å²) in [7, 11) is 0. The van der Waals surface area contributed by atoms with Crippen molar-refractivity contribution in [2.75, 3.05) is 26.2 Å². The van der Waals surface area contributed by atoms with Crippen LogP contribution in [0.2, 0.25) is 0 Å². The Kier molecular flexibility index (Phi) is 2.97. The molecule has 2 fully saturated rings. The third kappa shape index (κ3) is 2.15. The van der Waals surface area contributed by atoms with Crippen LogP contribution in [0.1, 0.15) is 0 Å². The van der Waals surface area contributed by atoms with Gasteiger partial charge in [0.1, 0.15) is 0 Å². The average Bonchev–Trinajstić information content (AvgIpc) is 2.82. The molecule has 0 N–H and O–H groups in total. The van der Waals surface area contributed by atoms with Gasteiger partial charge >= 0.3 is 12.1 Å². The Morgan fingerprint density at radius 3 is 1.89 bits per heavy atom. The van der Waals surface area contributed by atoms with Gasteiger partial charge in [-0.2, -0.15) is 13.2 Å². The molecule has 18 heavy (non-hydrogen) atoms. The van der Waals surface area contributed by atoms with Crippen molar-refractivity contribution in [2.45, 2.75) is 6.18 Å². The zero-order chi connectivity index (χ0) is 13.5. The van der Waals surface area contributed by atoms with Crippen LogP contribution in [0.25, 0.3) is 0 Å². The minimum absolute atomic E-state index is 0.0390. The predicted molar refractivity (Wildman–Crippen MR) is 55.0 cm³/mol. The van der Waals surface area contributed by atoms with Crippen LogP contribution in [0.15, 0.2) is 0 Å². The van der Waals surface area contributed by atoms with Gasteiger partial charge in [0, 0.05) is 38.0 Å². The highest BCUT2D eigenvalue weighted by molar-refractivity contribution is 5.93. The number of nitrogens with zero attached hydrogens (tertiary/aromatic N) is 2. The lowest BCUT2D eigenvalue weighted by atomic mass is 10.0. The van der Waals surface area contributed by atoms with Gasteiger partial charge in [0.25, 0.3) is 5.91 Å². The van der Waals surface area contributed by atoms with Crippen LogP contribution in [-0.2, 0) is 9.59 Å². The van der Waals surface area contributed by atoms with E-state index in [1.807, 2.05) is 5.92 Å². The van der Waals surface area contributed by atoms with E-state index in [9.17, 15) is 22.8 Å². The van der Waals surface area contributed by atoms with E-state index in [1.165, 1.54) is 4.90 Å². The lowest BCUT2D eigenvalue weighted by Crippen LogP contribution is -2.41. The molecular formula is C11H11F3N2O2. The number of carbonyl (C=O) groups is 2. The number of terminal acetylenes is 1. The summed E-state index contributed by atoms with van der Waals surface area (Å²) in [5.74, 6) is -0.471. The number of halogens is 3. The first-order chi connectivity index (χ1) is 8.32. The fourth-order valence-electron chi connectivity index (χ4n) is 2.60. The van der Waals surface area contributed by atoms with Crippen LogP contribution in [0.4, 0.5) is 13.2 Å². The Bertz CT molecular complexity index is 413. The topological polar surface area (TPSA) is 40.6 Å². The summed E-state index contributed by atoms with van der Waals surface area (Å²) < 4.78 is 36.8. The number of amides is 2. The SMILES string of the molecule is C#CC(=O)N1C[C@@H]2CN(C(=O)C(F)(F)F)C[C@@H]2C1. The summed E-state index contributed by atoms with van der Waals surface area (Å²) in [4.78, 5) is 24.6. The van der Waals surface area contributed by atoms with Crippen molar-refractivity contribution in [3.63, 3.8) is 0 Å². The Morgan fingerprint density at radius 1 is 1.06 bits per heavy atom. The van der Waals surface area contributed by atoms with Crippen LogP contribution in [0.5, 0.6) is 0 Å². The van der Waals surface area contributed by atoms with Gasteiger partial charge in [0.15, 0.2) is 0 Å². The normalized spacial score (nSPS) is 27.0. The molecule has 2 amide bonds. The zero-order valence-electron chi connectivity index (χ0n) is 9.41. The minimum atomic E-state index is -4.83. The molecule has 2 aliphatic heterocycles. The standard InChI is InChI=1S/C11H11F3N2O2/c1-2-9(17)15-3-7-5-16(6-8(7)4-15)10(18)11(12,13)14/h1,7-8H,3-6H2/t7-,8+. The number of carbonyl (C=O) groups excluding carboxylic acids is 2. The highest BCUT2D eigenvalue weighted by Gasteiger charge is 2.49. The fraction of sp³-hybridized carbons (Fsp3) is 0.636. The van der Waals surface area contributed by atoms with Crippen molar-refractivity contribution in [1.82, 2.24) is 9.80 Å². The molecule has 0 aromatic rings. The largest absolute Gasteiger partial charge is 0.471 e. The van der Waals surface area contributed by atoms with Crippen LogP contribution in [0.3, 0.4) is 0 Å². The number of alkyl halides is 3. The highest BCUT2D eigenvalue weighted by Crippen LogP contribution is 2.33. The van der Waals surface area contributed by atoms with E-state index in [-0.39, 0.29) is 24.9 Å². The first-order valence-corrected chi connectivity index (χ1v) is 5.44. The minimum Gasteiger partial charge on any atom is -0.334 e. The maximum absolute atomic E-state index is 12.3. The van der Waals surface area contributed by atoms with E-state index in [1.54, 1.807) is 0 Å². The van der Waals surface area contributed by atoms with E-state index in [4.69, 9.17) is 6.42 Å². The monoisotopic (exact) mass is 260 g/mol. The van der Waals surface area contributed by atoms with E-state index >= 15 is 0 Å². The molecule has 0 aromatic carbocycles. The number of likely N-dealkylation sites (tertiary alicyclic amines) is 2. The second kappa shape index (κ2) is 4.19. The molecule has 2 heterocycles. The van der Waals surface area contributed by atoms with Crippen LogP contribution in [0, 0.1) is 24.2 Å². The van der Waals surface area contributed by atoms with E-state index in [2.05, 4.69) is 0 Å². The zero-order valence-corrected chi connectivity index (χ0v) is 9.41. The summed E-state index contributed by atoms with van der Waals surface area (Å²) >= 11 is 0. The van der Waals surface area contributed by atoms with Gasteiger partial charge < -0.3 is 9.80 Å². The maximum Gasteiger partial charge on any atom is 0.471 e. The van der Waals surface area contributed by atoms with Crippen molar-refractivity contribution >= 4 is 11.8 Å². The second-order valence-corrected chi connectivity index (χ2v) is 4.58. The molecule has 98 valence electrons. The number of hydrogen-bond donors (Lipinski definition) is 0. The first kappa shape index (κ1) is 12.7. The molecule has 2 rings (SSSR count). The molecule has 0 radical (unpaired) electrons. The predicted octanol–water partition coefficient (Wildman–Crippen LogP) is 0.0987. The van der Waals surface area contributed by atoms with Gasteiger partial charge in [-0.15, -0.1) is 6.42 Å². The van der Waals surface area contributed by atoms with Crippen molar-refractivity contribution in [3.05, 3.63) is 0 Å². The average molecular weight is 260 g/mol. The molecular weight excluding hydrogens is 249 g/mol. The van der Waals surface area contributed by atoms with Gasteiger partial charge in [-0.25, -0.2) is 0 Å². The van der Waals surface area contributed by atoms with Gasteiger partial charge in [-0.1, -0.05) is 0 Å². The van der Waals surface area contributed by atoms with Crippen LogP contribution in [-0.4, -0.2) is 54.0 Å². The molecule has 2 atom stereocenters. The molecule has 2 saturated heterocycles. The van der Waals surface area contributed by atoms with Crippen molar-refractivity contribution in [1.29, 1.82) is 0 Å². The van der Waals surface area contributed by atoms with Crippen molar-refractivity contribution in [3.8, 4) is 12.3 Å². The maximum atomic E-state index is 12.3. The Labute approximate surface area is 102 Å². The molecule has 0 aromatic heterocycles. The molecule has 0 spiro atoms. The summed E-state index contributed by atoms with van der Waals surface area (Å²) in [6.07, 6.45) is 0.154. The van der Waals surface area contributed by atoms with Crippen molar-refractivity contribution < 1.29 is 22.8 Å². The highest BCUT2D eigenvalue weighted by atomic mass is 19.4. The first-order valence-electron chi connectivity index (χ1n) is 5.44. The molecule has 2 aliphatic rings. The molecule has 0 saturated carbocycles. The summed E-state index contributed by atoms with van der Waals surface area (Å²) in [6.45, 7) is 0.736. The lowest BCUT2D eigenvalue weighted by molar-refractivity contribution is -0.184. The third-order valence-corrected chi connectivity index (χ3v) is 3.43. The number of hydrogen-bond acceptors (Lipinski definition) is 2. The summed E-state index contributed by atoms with van der Waals surface area (Å²) in [6, 6.07) is 0. The number of fused-ring (bicyclic) bond motifs is 1. The van der Waals surface area contributed by atoms with E-state index in [0.717, 1.165) is 4.90 Å². The molecule has 7 heteroatoms. The van der Waals surface area contributed by atoms with Crippen molar-refractivity contribution in [2.24, 2.45) is 11.8 Å². The van der Waals surface area contributed by atoms with E-state index in [0.29, 0.717) is 13.1 Å².